The second kappa shape index (κ2) is 9.43. The number of nitrogens with zero attached hydrogens (tertiary/aromatic N) is 1. The molecule has 4 rings (SSSR count). The zero-order valence-corrected chi connectivity index (χ0v) is 18.4. The van der Waals surface area contributed by atoms with Gasteiger partial charge >= 0.3 is 5.97 Å². The number of amides is 1. The van der Waals surface area contributed by atoms with Crippen LogP contribution in [0, 0.1) is 0 Å². The van der Waals surface area contributed by atoms with Gasteiger partial charge in [-0.2, -0.15) is 5.10 Å². The Bertz CT molecular complexity index is 1180. The molecule has 3 aromatic rings. The van der Waals surface area contributed by atoms with Gasteiger partial charge in [0, 0.05) is 20.6 Å². The number of halogens is 2. The summed E-state index contributed by atoms with van der Waals surface area (Å²) in [6.07, 6.45) is 1.42. The summed E-state index contributed by atoms with van der Waals surface area (Å²) in [4.78, 5) is 24.8. The quantitative estimate of drug-likeness (QED) is 0.229. The van der Waals surface area contributed by atoms with Crippen molar-refractivity contribution in [2.45, 2.75) is 13.2 Å². The molecule has 156 valence electrons. The van der Waals surface area contributed by atoms with Crippen molar-refractivity contribution in [1.29, 1.82) is 0 Å². The number of nitrogens with one attached hydrogen (secondary N) is 1. The minimum Gasteiger partial charge on any atom is -0.422 e. The van der Waals surface area contributed by atoms with E-state index in [1.54, 1.807) is 54.6 Å². The molecular weight excluding hydrogens is 484 g/mol. The second-order valence-electron chi connectivity index (χ2n) is 6.75. The number of carbonyl (C=O) groups is 2. The van der Waals surface area contributed by atoms with E-state index in [2.05, 4.69) is 26.5 Å². The van der Waals surface area contributed by atoms with Gasteiger partial charge in [0.2, 0.25) is 0 Å². The normalized spacial score (nSPS) is 12.6. The van der Waals surface area contributed by atoms with Crippen LogP contribution in [-0.4, -0.2) is 18.1 Å². The molecule has 0 saturated heterocycles. The second-order valence-corrected chi connectivity index (χ2v) is 8.11. The number of rotatable bonds is 5. The van der Waals surface area contributed by atoms with Crippen LogP contribution in [0.2, 0.25) is 5.02 Å². The molecule has 31 heavy (non-hydrogen) atoms. The van der Waals surface area contributed by atoms with Crippen molar-refractivity contribution in [3.63, 3.8) is 0 Å². The van der Waals surface area contributed by atoms with Gasteiger partial charge in [-0.05, 0) is 65.7 Å². The van der Waals surface area contributed by atoms with Crippen LogP contribution >= 0.6 is 27.5 Å². The van der Waals surface area contributed by atoms with Gasteiger partial charge in [0.25, 0.3) is 5.91 Å². The first-order valence-corrected chi connectivity index (χ1v) is 10.5. The van der Waals surface area contributed by atoms with Gasteiger partial charge in [-0.1, -0.05) is 33.6 Å². The maximum atomic E-state index is 12.4. The van der Waals surface area contributed by atoms with Crippen molar-refractivity contribution in [2.24, 2.45) is 5.10 Å². The van der Waals surface area contributed by atoms with Crippen molar-refractivity contribution < 1.29 is 19.1 Å². The van der Waals surface area contributed by atoms with Crippen LogP contribution < -0.4 is 10.2 Å². The van der Waals surface area contributed by atoms with Gasteiger partial charge < -0.3 is 9.47 Å². The molecule has 3 aromatic carbocycles. The topological polar surface area (TPSA) is 77.0 Å². The molecule has 0 radical (unpaired) electrons. The molecule has 0 unspecified atom stereocenters. The zero-order chi connectivity index (χ0) is 21.8. The number of hydrogen-bond acceptors (Lipinski definition) is 5. The van der Waals surface area contributed by atoms with E-state index < -0.39 is 5.97 Å². The van der Waals surface area contributed by atoms with Gasteiger partial charge in [-0.25, -0.2) is 10.2 Å². The molecule has 1 N–H and O–H groups in total. The lowest BCUT2D eigenvalue weighted by Gasteiger charge is -2.08. The lowest BCUT2D eigenvalue weighted by Crippen LogP contribution is -2.18. The van der Waals surface area contributed by atoms with Crippen LogP contribution in [-0.2, 0) is 18.0 Å². The predicted molar refractivity (Wildman–Crippen MR) is 121 cm³/mol. The number of ether oxygens (including phenoxy) is 2. The van der Waals surface area contributed by atoms with E-state index in [0.717, 1.165) is 15.6 Å². The molecule has 0 atom stereocenters. The fourth-order valence-corrected chi connectivity index (χ4v) is 3.50. The predicted octanol–water partition coefficient (Wildman–Crippen LogP) is 5.12. The summed E-state index contributed by atoms with van der Waals surface area (Å²) in [5, 5.41) is 4.55. The lowest BCUT2D eigenvalue weighted by molar-refractivity contribution is 0.0734. The smallest absolute Gasteiger partial charge is 0.343 e. The molecule has 0 saturated carbocycles. The Morgan fingerprint density at radius 3 is 2.55 bits per heavy atom. The van der Waals surface area contributed by atoms with Crippen molar-refractivity contribution in [3.8, 4) is 5.75 Å². The molecule has 0 fully saturated rings. The van der Waals surface area contributed by atoms with Crippen LogP contribution in [0.3, 0.4) is 0 Å². The summed E-state index contributed by atoms with van der Waals surface area (Å²) in [6.45, 7) is 1.07. The molecular formula is C23H16BrClN2O4. The fourth-order valence-electron chi connectivity index (χ4n) is 3.00. The Kier molecular flexibility index (Phi) is 6.46. The van der Waals surface area contributed by atoms with Crippen LogP contribution in [0.1, 0.15) is 37.4 Å². The van der Waals surface area contributed by atoms with E-state index in [0.29, 0.717) is 40.7 Å². The molecule has 0 bridgehead atoms. The minimum absolute atomic E-state index is 0.302. The maximum absolute atomic E-state index is 12.4. The van der Waals surface area contributed by atoms with Crippen molar-refractivity contribution in [1.82, 2.24) is 5.43 Å². The Hall–Kier alpha value is -3.00. The van der Waals surface area contributed by atoms with E-state index in [4.69, 9.17) is 21.1 Å². The van der Waals surface area contributed by atoms with Crippen molar-refractivity contribution in [3.05, 3.63) is 98.0 Å². The largest absolute Gasteiger partial charge is 0.422 e. The van der Waals surface area contributed by atoms with Gasteiger partial charge in [0.05, 0.1) is 25.0 Å². The van der Waals surface area contributed by atoms with Crippen LogP contribution in [0.15, 0.2) is 70.2 Å². The van der Waals surface area contributed by atoms with Crippen molar-refractivity contribution in [2.75, 3.05) is 0 Å². The molecule has 1 amide bonds. The number of esters is 1. The average molecular weight is 500 g/mol. The maximum Gasteiger partial charge on any atom is 0.343 e. The van der Waals surface area contributed by atoms with Gasteiger partial charge in [-0.15, -0.1) is 0 Å². The van der Waals surface area contributed by atoms with Crippen LogP contribution in [0.4, 0.5) is 0 Å². The molecule has 8 heteroatoms. The molecule has 0 spiro atoms. The number of hydrazone groups is 1. The van der Waals surface area contributed by atoms with Gasteiger partial charge in [-0.3, -0.25) is 4.79 Å². The SMILES string of the molecule is O=C(NN=Cc1cc(Br)ccc1OC(=O)c1ccc(Cl)cc1)c1ccc2c(c1)COC2. The van der Waals surface area contributed by atoms with E-state index in [9.17, 15) is 9.59 Å². The third-order valence-electron chi connectivity index (χ3n) is 4.61. The lowest BCUT2D eigenvalue weighted by atomic mass is 10.1. The highest BCUT2D eigenvalue weighted by molar-refractivity contribution is 9.10. The molecule has 1 aliphatic rings. The van der Waals surface area contributed by atoms with Gasteiger partial charge in [0.15, 0.2) is 0 Å². The Morgan fingerprint density at radius 1 is 1.00 bits per heavy atom. The zero-order valence-electron chi connectivity index (χ0n) is 16.1. The van der Waals surface area contributed by atoms with Crippen LogP contribution in [0.5, 0.6) is 5.75 Å². The van der Waals surface area contributed by atoms with Gasteiger partial charge in [0.1, 0.15) is 5.75 Å². The van der Waals surface area contributed by atoms with E-state index in [1.165, 1.54) is 6.21 Å². The molecule has 0 aliphatic carbocycles. The highest BCUT2D eigenvalue weighted by Crippen LogP contribution is 2.24. The van der Waals surface area contributed by atoms with Crippen molar-refractivity contribution >= 4 is 45.6 Å². The molecule has 0 aromatic heterocycles. The average Bonchev–Trinajstić information content (AvgIpc) is 3.23. The Morgan fingerprint density at radius 2 is 1.74 bits per heavy atom. The Balaban J connectivity index is 1.47. The van der Waals surface area contributed by atoms with E-state index in [-0.39, 0.29) is 5.91 Å². The first-order valence-electron chi connectivity index (χ1n) is 9.30. The third kappa shape index (κ3) is 5.19. The summed E-state index contributed by atoms with van der Waals surface area (Å²) in [5.41, 5.74) is 5.95. The first-order chi connectivity index (χ1) is 15.0. The number of benzene rings is 3. The van der Waals surface area contributed by atoms with E-state index in [1.807, 2.05) is 6.07 Å². The third-order valence-corrected chi connectivity index (χ3v) is 5.35. The summed E-state index contributed by atoms with van der Waals surface area (Å²) >= 11 is 9.24. The highest BCUT2D eigenvalue weighted by Gasteiger charge is 2.14. The van der Waals surface area contributed by atoms with Crippen LogP contribution in [0.25, 0.3) is 0 Å². The Labute approximate surface area is 192 Å². The molecule has 1 aliphatic heterocycles. The molecule has 1 heterocycles. The first kappa shape index (κ1) is 21.2. The minimum atomic E-state index is -0.530. The summed E-state index contributed by atoms with van der Waals surface area (Å²) in [7, 11) is 0. The highest BCUT2D eigenvalue weighted by atomic mass is 79.9. The number of fused-ring (bicyclic) bond motifs is 1. The monoisotopic (exact) mass is 498 g/mol. The fraction of sp³-hybridized carbons (Fsp3) is 0.0870. The molecule has 6 nitrogen and oxygen atoms in total. The number of carbonyl (C=O) groups excluding carboxylic acids is 2. The number of hydrogen-bond donors (Lipinski definition) is 1. The summed E-state index contributed by atoms with van der Waals surface area (Å²) in [6, 6.07) is 16.9. The summed E-state index contributed by atoms with van der Waals surface area (Å²) < 4.78 is 11.6. The van der Waals surface area contributed by atoms with E-state index >= 15 is 0 Å². The standard InChI is InChI=1S/C23H16BrClN2O4/c24-19-5-8-21(31-23(29)14-3-6-20(25)7-4-14)17(10-19)11-26-27-22(28)15-1-2-16-12-30-13-18(16)9-15/h1-11H,12-13H2,(H,27,28). The summed E-state index contributed by atoms with van der Waals surface area (Å²) in [5.74, 6) is -0.575.